The highest BCUT2D eigenvalue weighted by Crippen LogP contribution is 2.30. The summed E-state index contributed by atoms with van der Waals surface area (Å²) in [6.45, 7) is 2.87. The van der Waals surface area contributed by atoms with Crippen molar-refractivity contribution in [1.82, 2.24) is 0 Å². The van der Waals surface area contributed by atoms with Gasteiger partial charge in [-0.3, -0.25) is 0 Å². The van der Waals surface area contributed by atoms with E-state index in [0.29, 0.717) is 22.5 Å². The number of aliphatic hydroxyl groups excluding tert-OH is 1. The lowest BCUT2D eigenvalue weighted by molar-refractivity contribution is -0.0659. The van der Waals surface area contributed by atoms with E-state index in [4.69, 9.17) is 13.9 Å². The van der Waals surface area contributed by atoms with Crippen LogP contribution in [0.25, 0.3) is 11.0 Å². The summed E-state index contributed by atoms with van der Waals surface area (Å²) in [5, 5.41) is 20.1. The molecule has 0 radical (unpaired) electrons. The van der Waals surface area contributed by atoms with Crippen LogP contribution in [0.15, 0.2) is 33.5 Å². The van der Waals surface area contributed by atoms with Gasteiger partial charge in [0.25, 0.3) is 0 Å². The predicted octanol–water partition coefficient (Wildman–Crippen LogP) is 1.31. The van der Waals surface area contributed by atoms with Crippen molar-refractivity contribution < 1.29 is 24.1 Å². The molecule has 2 aromatic rings. The molecule has 0 fully saturated rings. The van der Waals surface area contributed by atoms with Crippen LogP contribution in [0.5, 0.6) is 11.5 Å². The van der Waals surface area contributed by atoms with Crippen molar-refractivity contribution in [2.45, 2.75) is 25.6 Å². The first-order chi connectivity index (χ1) is 9.81. The largest absolute Gasteiger partial charge is 0.496 e. The SMILES string of the molecule is COc1cc(OCC(O)C(C)(C)O)c2ccc(=O)oc2c1. The normalized spacial score (nSPS) is 13.2. The van der Waals surface area contributed by atoms with Gasteiger partial charge in [0.05, 0.1) is 18.1 Å². The topological polar surface area (TPSA) is 89.1 Å². The summed E-state index contributed by atoms with van der Waals surface area (Å²) in [7, 11) is 1.48. The van der Waals surface area contributed by atoms with Crippen LogP contribution in [-0.2, 0) is 0 Å². The molecule has 1 atom stereocenters. The number of aliphatic hydroxyl groups is 2. The van der Waals surface area contributed by atoms with Gasteiger partial charge in [0.1, 0.15) is 29.8 Å². The predicted molar refractivity (Wildman–Crippen MR) is 76.8 cm³/mol. The molecule has 1 aromatic carbocycles. The summed E-state index contributed by atoms with van der Waals surface area (Å²) in [5.74, 6) is 0.862. The molecule has 2 N–H and O–H groups in total. The minimum atomic E-state index is -1.28. The van der Waals surface area contributed by atoms with E-state index < -0.39 is 17.3 Å². The molecule has 0 bridgehead atoms. The number of fused-ring (bicyclic) bond motifs is 1. The van der Waals surface area contributed by atoms with E-state index in [1.807, 2.05) is 0 Å². The molecular weight excluding hydrogens is 276 g/mol. The van der Waals surface area contributed by atoms with Gasteiger partial charge < -0.3 is 24.1 Å². The number of benzene rings is 1. The van der Waals surface area contributed by atoms with Crippen molar-refractivity contribution in [3.8, 4) is 11.5 Å². The molecule has 6 heteroatoms. The average Bonchev–Trinajstić information content (AvgIpc) is 2.42. The monoisotopic (exact) mass is 294 g/mol. The third-order valence-corrected chi connectivity index (χ3v) is 3.12. The number of hydrogen-bond acceptors (Lipinski definition) is 6. The van der Waals surface area contributed by atoms with E-state index in [9.17, 15) is 15.0 Å². The first kappa shape index (κ1) is 15.3. The van der Waals surface area contributed by atoms with E-state index in [1.165, 1.54) is 27.0 Å². The molecule has 0 spiro atoms. The molecule has 2 rings (SSSR count). The Morgan fingerprint density at radius 1 is 1.33 bits per heavy atom. The van der Waals surface area contributed by atoms with Crippen LogP contribution in [-0.4, -0.2) is 35.6 Å². The lowest BCUT2D eigenvalue weighted by atomic mass is 10.0. The smallest absolute Gasteiger partial charge is 0.336 e. The summed E-state index contributed by atoms with van der Waals surface area (Å²) in [6.07, 6.45) is -1.06. The van der Waals surface area contributed by atoms with Gasteiger partial charge >= 0.3 is 5.63 Å². The fourth-order valence-electron chi connectivity index (χ4n) is 1.73. The minimum Gasteiger partial charge on any atom is -0.496 e. The summed E-state index contributed by atoms with van der Waals surface area (Å²) in [4.78, 5) is 11.3. The van der Waals surface area contributed by atoms with Crippen molar-refractivity contribution in [1.29, 1.82) is 0 Å². The zero-order valence-electron chi connectivity index (χ0n) is 12.1. The van der Waals surface area contributed by atoms with Gasteiger partial charge in [-0.2, -0.15) is 0 Å². The third kappa shape index (κ3) is 3.53. The van der Waals surface area contributed by atoms with E-state index in [1.54, 1.807) is 18.2 Å². The Morgan fingerprint density at radius 3 is 2.67 bits per heavy atom. The van der Waals surface area contributed by atoms with Gasteiger partial charge in [-0.1, -0.05) is 0 Å². The van der Waals surface area contributed by atoms with Crippen LogP contribution in [0.4, 0.5) is 0 Å². The van der Waals surface area contributed by atoms with E-state index >= 15 is 0 Å². The number of methoxy groups -OCH3 is 1. The van der Waals surface area contributed by atoms with Gasteiger partial charge in [-0.25, -0.2) is 4.79 Å². The first-order valence-electron chi connectivity index (χ1n) is 6.46. The Kier molecular flexibility index (Phi) is 4.20. The lowest BCUT2D eigenvalue weighted by Crippen LogP contribution is -2.40. The van der Waals surface area contributed by atoms with E-state index in [-0.39, 0.29) is 6.61 Å². The van der Waals surface area contributed by atoms with Crippen LogP contribution in [0.1, 0.15) is 13.8 Å². The number of rotatable bonds is 5. The highest BCUT2D eigenvalue weighted by Gasteiger charge is 2.25. The summed E-state index contributed by atoms with van der Waals surface area (Å²) < 4.78 is 15.8. The summed E-state index contributed by atoms with van der Waals surface area (Å²) >= 11 is 0. The second-order valence-electron chi connectivity index (χ2n) is 5.27. The highest BCUT2D eigenvalue weighted by molar-refractivity contribution is 5.85. The molecule has 0 saturated heterocycles. The maximum Gasteiger partial charge on any atom is 0.336 e. The Labute approximate surface area is 121 Å². The van der Waals surface area contributed by atoms with Crippen LogP contribution >= 0.6 is 0 Å². The molecule has 0 aliphatic rings. The van der Waals surface area contributed by atoms with Crippen molar-refractivity contribution >= 4 is 11.0 Å². The molecule has 1 aromatic heterocycles. The zero-order chi connectivity index (χ0) is 15.6. The Balaban J connectivity index is 2.36. The Morgan fingerprint density at radius 2 is 2.05 bits per heavy atom. The maximum absolute atomic E-state index is 11.3. The molecule has 0 aliphatic heterocycles. The maximum atomic E-state index is 11.3. The second-order valence-corrected chi connectivity index (χ2v) is 5.27. The van der Waals surface area contributed by atoms with Gasteiger partial charge in [0.15, 0.2) is 0 Å². The molecule has 0 amide bonds. The lowest BCUT2D eigenvalue weighted by Gasteiger charge is -2.24. The molecule has 0 saturated carbocycles. The number of hydrogen-bond donors (Lipinski definition) is 2. The van der Waals surface area contributed by atoms with Gasteiger partial charge in [-0.15, -0.1) is 0 Å². The van der Waals surface area contributed by atoms with Crippen molar-refractivity contribution in [3.63, 3.8) is 0 Å². The van der Waals surface area contributed by atoms with Crippen LogP contribution in [0.3, 0.4) is 0 Å². The van der Waals surface area contributed by atoms with Crippen LogP contribution in [0.2, 0.25) is 0 Å². The fraction of sp³-hybridized carbons (Fsp3) is 0.400. The van der Waals surface area contributed by atoms with E-state index in [0.717, 1.165) is 0 Å². The van der Waals surface area contributed by atoms with Gasteiger partial charge in [0.2, 0.25) is 0 Å². The van der Waals surface area contributed by atoms with E-state index in [2.05, 4.69) is 0 Å². The van der Waals surface area contributed by atoms with Gasteiger partial charge in [0, 0.05) is 18.2 Å². The van der Waals surface area contributed by atoms with Crippen molar-refractivity contribution in [2.75, 3.05) is 13.7 Å². The molecule has 21 heavy (non-hydrogen) atoms. The highest BCUT2D eigenvalue weighted by atomic mass is 16.5. The Bertz CT molecular complexity index is 683. The molecule has 1 heterocycles. The average molecular weight is 294 g/mol. The zero-order valence-corrected chi connectivity index (χ0v) is 12.1. The van der Waals surface area contributed by atoms with Crippen LogP contribution < -0.4 is 15.1 Å². The first-order valence-corrected chi connectivity index (χ1v) is 6.46. The fourth-order valence-corrected chi connectivity index (χ4v) is 1.73. The third-order valence-electron chi connectivity index (χ3n) is 3.12. The molecule has 0 aliphatic carbocycles. The Hall–Kier alpha value is -2.05. The molecular formula is C15H18O6. The summed E-state index contributed by atoms with van der Waals surface area (Å²) in [5.41, 5.74) is -1.42. The second kappa shape index (κ2) is 5.75. The molecule has 1 unspecified atom stereocenters. The number of ether oxygens (including phenoxy) is 2. The van der Waals surface area contributed by atoms with Crippen molar-refractivity contribution in [2.24, 2.45) is 0 Å². The quantitative estimate of drug-likeness (QED) is 0.808. The van der Waals surface area contributed by atoms with Gasteiger partial charge in [-0.05, 0) is 19.9 Å². The summed E-state index contributed by atoms with van der Waals surface area (Å²) in [6, 6.07) is 6.07. The standard InChI is InChI=1S/C15H18O6/c1-15(2,18)13(16)8-20-11-6-9(19-3)7-12-10(11)4-5-14(17)21-12/h4-7,13,16,18H,8H2,1-3H3. The van der Waals surface area contributed by atoms with Crippen LogP contribution in [0, 0.1) is 0 Å². The minimum absolute atomic E-state index is 0.106. The molecule has 6 nitrogen and oxygen atoms in total. The van der Waals surface area contributed by atoms with Crippen molar-refractivity contribution in [3.05, 3.63) is 34.7 Å². The molecule has 114 valence electrons.